The van der Waals surface area contributed by atoms with Crippen LogP contribution in [0.3, 0.4) is 0 Å². The second kappa shape index (κ2) is 9.50. The molecule has 0 aliphatic rings. The molecule has 1 heterocycles. The van der Waals surface area contributed by atoms with Gasteiger partial charge in [0.05, 0.1) is 10.9 Å². The molecule has 0 spiro atoms. The standard InChI is InChI=1S/C26H25N3O3S/c1-4-28-25(31)21-7-5-6-8-22(21)29(26(28)32)16-24(30)27-19-11-13-20(14-12-19)33-23-15-17(2)9-10-18(23)3/h5-15H,4,16H2,1-3H3,(H,27,30). The van der Waals surface area contributed by atoms with Gasteiger partial charge in [0.1, 0.15) is 6.54 Å². The molecule has 0 bridgehead atoms. The van der Waals surface area contributed by atoms with E-state index in [1.165, 1.54) is 20.6 Å². The fourth-order valence-electron chi connectivity index (χ4n) is 3.70. The van der Waals surface area contributed by atoms with Gasteiger partial charge in [0, 0.05) is 22.0 Å². The molecule has 0 radical (unpaired) electrons. The van der Waals surface area contributed by atoms with Crippen LogP contribution in [-0.2, 0) is 17.9 Å². The Kier molecular flexibility index (Phi) is 6.51. The minimum Gasteiger partial charge on any atom is -0.325 e. The number of aromatic nitrogens is 2. The summed E-state index contributed by atoms with van der Waals surface area (Å²) in [6, 6.07) is 20.8. The van der Waals surface area contributed by atoms with Crippen molar-refractivity contribution in [2.24, 2.45) is 0 Å². The third kappa shape index (κ3) is 4.78. The normalized spacial score (nSPS) is 11.0. The first-order valence-electron chi connectivity index (χ1n) is 10.7. The van der Waals surface area contributed by atoms with Crippen molar-refractivity contribution in [2.45, 2.75) is 43.7 Å². The first-order chi connectivity index (χ1) is 15.9. The van der Waals surface area contributed by atoms with Crippen molar-refractivity contribution in [2.75, 3.05) is 5.32 Å². The molecule has 1 amide bonds. The Morgan fingerprint density at radius 1 is 0.939 bits per heavy atom. The monoisotopic (exact) mass is 459 g/mol. The van der Waals surface area contributed by atoms with Gasteiger partial charge in [-0.25, -0.2) is 4.79 Å². The van der Waals surface area contributed by atoms with Crippen LogP contribution < -0.4 is 16.6 Å². The Balaban J connectivity index is 1.53. The van der Waals surface area contributed by atoms with Crippen LogP contribution in [-0.4, -0.2) is 15.0 Å². The van der Waals surface area contributed by atoms with Gasteiger partial charge in [-0.05, 0) is 74.4 Å². The number of rotatable bonds is 6. The third-order valence-electron chi connectivity index (χ3n) is 5.46. The van der Waals surface area contributed by atoms with E-state index in [1.807, 2.05) is 24.3 Å². The predicted molar refractivity (Wildman–Crippen MR) is 133 cm³/mol. The molecule has 7 heteroatoms. The van der Waals surface area contributed by atoms with E-state index in [0.717, 1.165) is 9.46 Å². The summed E-state index contributed by atoms with van der Waals surface area (Å²) in [5.41, 5.74) is 2.70. The second-order valence-electron chi connectivity index (χ2n) is 7.88. The first kappa shape index (κ1) is 22.6. The largest absolute Gasteiger partial charge is 0.331 e. The maximum absolute atomic E-state index is 12.8. The average molecular weight is 460 g/mol. The van der Waals surface area contributed by atoms with E-state index in [4.69, 9.17) is 0 Å². The number of aryl methyl sites for hydroxylation is 2. The zero-order valence-corrected chi connectivity index (χ0v) is 19.6. The summed E-state index contributed by atoms with van der Waals surface area (Å²) in [7, 11) is 0. The number of nitrogens with one attached hydrogen (secondary N) is 1. The van der Waals surface area contributed by atoms with Gasteiger partial charge < -0.3 is 5.32 Å². The van der Waals surface area contributed by atoms with Crippen LogP contribution in [0, 0.1) is 13.8 Å². The van der Waals surface area contributed by atoms with Crippen molar-refractivity contribution in [3.05, 3.63) is 98.7 Å². The molecule has 6 nitrogen and oxygen atoms in total. The summed E-state index contributed by atoms with van der Waals surface area (Å²) < 4.78 is 2.50. The number of para-hydroxylation sites is 1. The quantitative estimate of drug-likeness (QED) is 0.458. The molecule has 0 aliphatic carbocycles. The Morgan fingerprint density at radius 3 is 2.39 bits per heavy atom. The maximum atomic E-state index is 12.8. The van der Waals surface area contributed by atoms with E-state index in [-0.39, 0.29) is 24.6 Å². The molecule has 0 saturated carbocycles. The Labute approximate surface area is 195 Å². The minimum absolute atomic E-state index is 0.182. The number of carbonyl (C=O) groups excluding carboxylic acids is 1. The highest BCUT2D eigenvalue weighted by molar-refractivity contribution is 7.99. The number of carbonyl (C=O) groups is 1. The summed E-state index contributed by atoms with van der Waals surface area (Å²) >= 11 is 1.68. The van der Waals surface area contributed by atoms with Crippen molar-refractivity contribution in [1.82, 2.24) is 9.13 Å². The number of benzene rings is 3. The zero-order valence-electron chi connectivity index (χ0n) is 18.8. The zero-order chi connectivity index (χ0) is 23.5. The van der Waals surface area contributed by atoms with E-state index >= 15 is 0 Å². The summed E-state index contributed by atoms with van der Waals surface area (Å²) in [4.78, 5) is 40.4. The maximum Gasteiger partial charge on any atom is 0.331 e. The lowest BCUT2D eigenvalue weighted by Gasteiger charge is -2.13. The number of anilines is 1. The fraction of sp³-hybridized carbons (Fsp3) is 0.192. The van der Waals surface area contributed by atoms with Crippen LogP contribution in [0.2, 0.25) is 0 Å². The molecule has 0 unspecified atom stereocenters. The first-order valence-corrected chi connectivity index (χ1v) is 11.6. The highest BCUT2D eigenvalue weighted by atomic mass is 32.2. The van der Waals surface area contributed by atoms with Crippen molar-refractivity contribution >= 4 is 34.3 Å². The molecule has 1 N–H and O–H groups in total. The van der Waals surface area contributed by atoms with E-state index < -0.39 is 5.69 Å². The average Bonchev–Trinajstić information content (AvgIpc) is 2.81. The molecule has 4 rings (SSSR count). The molecular formula is C26H25N3O3S. The highest BCUT2D eigenvalue weighted by Crippen LogP contribution is 2.31. The Bertz CT molecular complexity index is 1450. The molecule has 0 fully saturated rings. The molecule has 33 heavy (non-hydrogen) atoms. The summed E-state index contributed by atoms with van der Waals surface area (Å²) in [5.74, 6) is -0.335. The molecule has 0 saturated heterocycles. The van der Waals surface area contributed by atoms with Gasteiger partial charge in [0.2, 0.25) is 5.91 Å². The van der Waals surface area contributed by atoms with Gasteiger partial charge in [-0.1, -0.05) is 36.0 Å². The van der Waals surface area contributed by atoms with Crippen LogP contribution >= 0.6 is 11.8 Å². The van der Waals surface area contributed by atoms with Gasteiger partial charge in [0.25, 0.3) is 5.56 Å². The van der Waals surface area contributed by atoms with Gasteiger partial charge in [0.15, 0.2) is 0 Å². The third-order valence-corrected chi connectivity index (χ3v) is 6.63. The lowest BCUT2D eigenvalue weighted by molar-refractivity contribution is -0.116. The summed E-state index contributed by atoms with van der Waals surface area (Å²) in [5, 5.41) is 3.27. The molecule has 3 aromatic carbocycles. The lowest BCUT2D eigenvalue weighted by Crippen LogP contribution is -2.41. The van der Waals surface area contributed by atoms with Gasteiger partial charge in [-0.15, -0.1) is 0 Å². The molecule has 168 valence electrons. The number of nitrogens with zero attached hydrogens (tertiary/aromatic N) is 2. The van der Waals surface area contributed by atoms with Gasteiger partial charge in [-0.3, -0.25) is 18.7 Å². The van der Waals surface area contributed by atoms with E-state index in [1.54, 1.807) is 43.0 Å². The number of fused-ring (bicyclic) bond motifs is 1. The number of hydrogen-bond donors (Lipinski definition) is 1. The van der Waals surface area contributed by atoms with Gasteiger partial charge in [-0.2, -0.15) is 0 Å². The Hall–Kier alpha value is -3.58. The van der Waals surface area contributed by atoms with Crippen LogP contribution in [0.1, 0.15) is 18.1 Å². The summed E-state index contributed by atoms with van der Waals surface area (Å²) in [6.45, 7) is 5.95. The van der Waals surface area contributed by atoms with Crippen LogP contribution in [0.15, 0.2) is 86.1 Å². The molecule has 1 aromatic heterocycles. The summed E-state index contributed by atoms with van der Waals surface area (Å²) in [6.07, 6.45) is 0. The van der Waals surface area contributed by atoms with Crippen molar-refractivity contribution in [3.8, 4) is 0 Å². The lowest BCUT2D eigenvalue weighted by atomic mass is 10.2. The molecule has 4 aromatic rings. The van der Waals surface area contributed by atoms with Crippen molar-refractivity contribution in [3.63, 3.8) is 0 Å². The van der Waals surface area contributed by atoms with E-state index in [2.05, 4.69) is 37.4 Å². The van der Waals surface area contributed by atoms with Crippen LogP contribution in [0.25, 0.3) is 10.9 Å². The molecule has 0 atom stereocenters. The minimum atomic E-state index is -0.489. The van der Waals surface area contributed by atoms with Crippen molar-refractivity contribution < 1.29 is 4.79 Å². The number of amides is 1. The highest BCUT2D eigenvalue weighted by Gasteiger charge is 2.14. The van der Waals surface area contributed by atoms with E-state index in [9.17, 15) is 14.4 Å². The van der Waals surface area contributed by atoms with Crippen molar-refractivity contribution in [1.29, 1.82) is 0 Å². The van der Waals surface area contributed by atoms with E-state index in [0.29, 0.717) is 16.6 Å². The van der Waals surface area contributed by atoms with Crippen LogP contribution in [0.4, 0.5) is 5.69 Å². The Morgan fingerprint density at radius 2 is 1.67 bits per heavy atom. The van der Waals surface area contributed by atoms with Crippen LogP contribution in [0.5, 0.6) is 0 Å². The smallest absolute Gasteiger partial charge is 0.325 e. The second-order valence-corrected chi connectivity index (χ2v) is 8.99. The topological polar surface area (TPSA) is 73.1 Å². The fourth-order valence-corrected chi connectivity index (χ4v) is 4.70. The predicted octanol–water partition coefficient (Wildman–Crippen LogP) is 4.59. The number of hydrogen-bond acceptors (Lipinski definition) is 4. The van der Waals surface area contributed by atoms with Gasteiger partial charge >= 0.3 is 5.69 Å². The SMILES string of the molecule is CCn1c(=O)c2ccccc2n(CC(=O)Nc2ccc(Sc3cc(C)ccc3C)cc2)c1=O. The molecular weight excluding hydrogens is 434 g/mol. The molecule has 0 aliphatic heterocycles.